The van der Waals surface area contributed by atoms with Gasteiger partial charge in [0.05, 0.1) is 16.9 Å². The molecule has 0 saturated heterocycles. The molecule has 7 heteroatoms. The van der Waals surface area contributed by atoms with E-state index in [9.17, 15) is 4.79 Å². The first-order chi connectivity index (χ1) is 14.3. The van der Waals surface area contributed by atoms with Crippen molar-refractivity contribution in [3.63, 3.8) is 0 Å². The van der Waals surface area contributed by atoms with E-state index in [4.69, 9.17) is 4.52 Å². The van der Waals surface area contributed by atoms with E-state index in [-0.39, 0.29) is 5.91 Å². The molecular formula is C23H23N5O2. The fourth-order valence-electron chi connectivity index (χ4n) is 3.41. The minimum absolute atomic E-state index is 0.182. The lowest BCUT2D eigenvalue weighted by Crippen LogP contribution is -2.14. The molecule has 0 unspecified atom stereocenters. The summed E-state index contributed by atoms with van der Waals surface area (Å²) >= 11 is 0. The second-order valence-electron chi connectivity index (χ2n) is 7.43. The Morgan fingerprint density at radius 3 is 2.40 bits per heavy atom. The van der Waals surface area contributed by atoms with E-state index in [1.54, 1.807) is 17.8 Å². The Bertz CT molecular complexity index is 1230. The molecule has 30 heavy (non-hydrogen) atoms. The summed E-state index contributed by atoms with van der Waals surface area (Å²) in [6.07, 6.45) is 1.76. The van der Waals surface area contributed by atoms with E-state index in [0.29, 0.717) is 23.0 Å². The number of rotatable bonds is 4. The van der Waals surface area contributed by atoms with Gasteiger partial charge in [-0.1, -0.05) is 35.5 Å². The van der Waals surface area contributed by atoms with Gasteiger partial charge in [0.15, 0.2) is 0 Å². The number of aryl methyl sites for hydroxylation is 5. The lowest BCUT2D eigenvalue weighted by molar-refractivity contribution is 0.102. The molecule has 2 aromatic carbocycles. The maximum absolute atomic E-state index is 13.0. The molecule has 0 radical (unpaired) electrons. The highest BCUT2D eigenvalue weighted by Crippen LogP contribution is 2.25. The summed E-state index contributed by atoms with van der Waals surface area (Å²) in [4.78, 5) is 17.3. The third-order valence-electron chi connectivity index (χ3n) is 5.10. The van der Waals surface area contributed by atoms with Crippen LogP contribution in [0, 0.1) is 34.6 Å². The minimum Gasteiger partial charge on any atom is -0.339 e. The summed E-state index contributed by atoms with van der Waals surface area (Å²) in [6, 6.07) is 11.8. The number of nitrogens with one attached hydrogen (secondary N) is 1. The number of hydrogen-bond donors (Lipinski definition) is 1. The average molecular weight is 401 g/mol. The van der Waals surface area contributed by atoms with E-state index >= 15 is 0 Å². The molecule has 0 fully saturated rings. The zero-order valence-electron chi connectivity index (χ0n) is 17.6. The standard InChI is InChI=1S/C23H23N5O2/c1-13-9-10-18(22-24-17(5)30-27-22)11-20(13)28-12-19(16(4)26-28)23(29)25-21-14(2)7-6-8-15(21)3/h6-12H,1-5H3,(H,25,29). The van der Waals surface area contributed by atoms with E-state index in [1.807, 2.05) is 64.1 Å². The molecule has 7 nitrogen and oxygen atoms in total. The number of para-hydroxylation sites is 1. The molecule has 0 aliphatic carbocycles. The zero-order chi connectivity index (χ0) is 21.4. The molecule has 0 aliphatic rings. The van der Waals surface area contributed by atoms with Gasteiger partial charge in [0.2, 0.25) is 11.7 Å². The Morgan fingerprint density at radius 2 is 1.73 bits per heavy atom. The van der Waals surface area contributed by atoms with E-state index in [1.165, 1.54) is 0 Å². The molecule has 0 bridgehead atoms. The predicted octanol–water partition coefficient (Wildman–Crippen LogP) is 4.72. The highest BCUT2D eigenvalue weighted by Gasteiger charge is 2.17. The normalized spacial score (nSPS) is 11.0. The van der Waals surface area contributed by atoms with Crippen molar-refractivity contribution in [3.05, 3.63) is 76.4 Å². The Morgan fingerprint density at radius 1 is 1.00 bits per heavy atom. The van der Waals surface area contributed by atoms with Gasteiger partial charge >= 0.3 is 0 Å². The monoisotopic (exact) mass is 401 g/mol. The van der Waals surface area contributed by atoms with Crippen molar-refractivity contribution in [2.24, 2.45) is 0 Å². The SMILES string of the molecule is Cc1nc(-c2ccc(C)c(-n3cc(C(=O)Nc4c(C)cccc4C)c(C)n3)c2)no1. The molecule has 2 heterocycles. The van der Waals surface area contributed by atoms with Crippen LogP contribution < -0.4 is 5.32 Å². The topological polar surface area (TPSA) is 85.8 Å². The van der Waals surface area contributed by atoms with Crippen LogP contribution in [0.15, 0.2) is 47.1 Å². The summed E-state index contributed by atoms with van der Waals surface area (Å²) in [5, 5.41) is 11.6. The van der Waals surface area contributed by atoms with E-state index < -0.39 is 0 Å². The summed E-state index contributed by atoms with van der Waals surface area (Å²) in [6.45, 7) is 9.54. The van der Waals surface area contributed by atoms with Crippen LogP contribution in [0.5, 0.6) is 0 Å². The molecule has 0 atom stereocenters. The highest BCUT2D eigenvalue weighted by atomic mass is 16.5. The number of hydrogen-bond acceptors (Lipinski definition) is 5. The van der Waals surface area contributed by atoms with Gasteiger partial charge < -0.3 is 9.84 Å². The van der Waals surface area contributed by atoms with Crippen LogP contribution in [0.4, 0.5) is 5.69 Å². The molecular weight excluding hydrogens is 378 g/mol. The summed E-state index contributed by atoms with van der Waals surface area (Å²) in [5.41, 5.74) is 6.74. The molecule has 4 rings (SSSR count). The number of carbonyl (C=O) groups excluding carboxylic acids is 1. The largest absolute Gasteiger partial charge is 0.339 e. The summed E-state index contributed by atoms with van der Waals surface area (Å²) in [5.74, 6) is 0.844. The van der Waals surface area contributed by atoms with E-state index in [2.05, 4.69) is 20.6 Å². The molecule has 4 aromatic rings. The van der Waals surface area contributed by atoms with Gasteiger partial charge in [-0.05, 0) is 50.5 Å². The van der Waals surface area contributed by atoms with Crippen molar-refractivity contribution < 1.29 is 9.32 Å². The van der Waals surface area contributed by atoms with Crippen molar-refractivity contribution in [1.82, 2.24) is 19.9 Å². The van der Waals surface area contributed by atoms with Crippen LogP contribution in [-0.2, 0) is 0 Å². The molecule has 2 aromatic heterocycles. The van der Waals surface area contributed by atoms with Crippen LogP contribution in [0.3, 0.4) is 0 Å². The predicted molar refractivity (Wildman–Crippen MR) is 115 cm³/mol. The number of carbonyl (C=O) groups is 1. The third-order valence-corrected chi connectivity index (χ3v) is 5.10. The van der Waals surface area contributed by atoms with Crippen LogP contribution in [0.25, 0.3) is 17.1 Å². The van der Waals surface area contributed by atoms with Crippen molar-refractivity contribution >= 4 is 11.6 Å². The number of anilines is 1. The van der Waals surface area contributed by atoms with Crippen molar-refractivity contribution in [3.8, 4) is 17.1 Å². The Balaban J connectivity index is 1.68. The third kappa shape index (κ3) is 3.61. The van der Waals surface area contributed by atoms with Gasteiger partial charge in [-0.2, -0.15) is 10.1 Å². The quantitative estimate of drug-likeness (QED) is 0.535. The maximum atomic E-state index is 13.0. The number of nitrogens with zero attached hydrogens (tertiary/aromatic N) is 4. The van der Waals surface area contributed by atoms with Crippen molar-refractivity contribution in [1.29, 1.82) is 0 Å². The van der Waals surface area contributed by atoms with Crippen LogP contribution >= 0.6 is 0 Å². The second kappa shape index (κ2) is 7.59. The van der Waals surface area contributed by atoms with Crippen molar-refractivity contribution in [2.45, 2.75) is 34.6 Å². The molecule has 0 aliphatic heterocycles. The highest BCUT2D eigenvalue weighted by molar-refractivity contribution is 6.05. The van der Waals surface area contributed by atoms with Crippen LogP contribution in [-0.4, -0.2) is 25.8 Å². The lowest BCUT2D eigenvalue weighted by Gasteiger charge is -2.11. The van der Waals surface area contributed by atoms with Gasteiger partial charge in [-0.25, -0.2) is 4.68 Å². The molecule has 152 valence electrons. The number of aromatic nitrogens is 4. The maximum Gasteiger partial charge on any atom is 0.259 e. The Labute approximate surface area is 174 Å². The summed E-state index contributed by atoms with van der Waals surface area (Å²) in [7, 11) is 0. The first kappa shape index (κ1) is 19.6. The Kier molecular flexibility index (Phi) is 4.95. The van der Waals surface area contributed by atoms with Gasteiger partial charge in [0.1, 0.15) is 0 Å². The lowest BCUT2D eigenvalue weighted by atomic mass is 10.1. The van der Waals surface area contributed by atoms with Crippen molar-refractivity contribution in [2.75, 3.05) is 5.32 Å². The molecule has 1 N–H and O–H groups in total. The molecule has 0 spiro atoms. The summed E-state index contributed by atoms with van der Waals surface area (Å²) < 4.78 is 6.81. The fraction of sp³-hybridized carbons (Fsp3) is 0.217. The van der Waals surface area contributed by atoms with Gasteiger partial charge in [0.25, 0.3) is 5.91 Å². The van der Waals surface area contributed by atoms with Crippen LogP contribution in [0.2, 0.25) is 0 Å². The first-order valence-electron chi connectivity index (χ1n) is 9.69. The molecule has 0 saturated carbocycles. The van der Waals surface area contributed by atoms with Gasteiger partial charge in [0, 0.05) is 24.4 Å². The number of amides is 1. The second-order valence-corrected chi connectivity index (χ2v) is 7.43. The Hall–Kier alpha value is -3.74. The van der Waals surface area contributed by atoms with Gasteiger partial charge in [-0.15, -0.1) is 0 Å². The fourth-order valence-corrected chi connectivity index (χ4v) is 3.41. The van der Waals surface area contributed by atoms with E-state index in [0.717, 1.165) is 33.6 Å². The number of benzene rings is 2. The zero-order valence-corrected chi connectivity index (χ0v) is 17.6. The van der Waals surface area contributed by atoms with Gasteiger partial charge in [-0.3, -0.25) is 4.79 Å². The smallest absolute Gasteiger partial charge is 0.259 e. The average Bonchev–Trinajstić information content (AvgIpc) is 3.31. The minimum atomic E-state index is -0.182. The molecule has 1 amide bonds. The first-order valence-corrected chi connectivity index (χ1v) is 9.69. The van der Waals surface area contributed by atoms with Crippen LogP contribution in [0.1, 0.15) is 38.6 Å².